The standard InChI is InChI=1S/C35H39F3N2O4/c1-22(41)44-21-31(42)34(15-16-35(36,37)38)14-13-30-28-11-7-24-19-25(39-43)8-12-27(24)32(28)29(20-33(30,34)2)23-5-9-26(10-6-23)40-17-3-4-18-40/h5-6,9-10,19,28-30,43H,3-4,7-8,11-14,17-18,20-21H2,1-2H3/t28-,29+,30-,33-,34-/m0/s1. The molecule has 1 saturated heterocycles. The van der Waals surface area contributed by atoms with Gasteiger partial charge >= 0.3 is 12.1 Å². The Kier molecular flexibility index (Phi) is 7.92. The Morgan fingerprint density at radius 3 is 2.50 bits per heavy atom. The van der Waals surface area contributed by atoms with Crippen LogP contribution in [0.25, 0.3) is 0 Å². The number of carbonyl (C=O) groups excluding carboxylic acids is 2. The lowest BCUT2D eigenvalue weighted by Gasteiger charge is -2.54. The molecule has 1 heterocycles. The van der Waals surface area contributed by atoms with Crippen molar-refractivity contribution in [1.82, 2.24) is 0 Å². The van der Waals surface area contributed by atoms with Crippen molar-refractivity contribution in [3.05, 3.63) is 52.6 Å². The van der Waals surface area contributed by atoms with Crippen LogP contribution in [0.1, 0.15) is 83.1 Å². The van der Waals surface area contributed by atoms with Crippen LogP contribution in [0, 0.1) is 34.5 Å². The number of benzene rings is 1. The second-order valence-electron chi connectivity index (χ2n) is 13.3. The molecule has 1 aromatic rings. The Labute approximate surface area is 256 Å². The van der Waals surface area contributed by atoms with Crippen LogP contribution in [-0.2, 0) is 14.3 Å². The number of ether oxygens (including phenoxy) is 1. The summed E-state index contributed by atoms with van der Waals surface area (Å²) in [6, 6.07) is 8.58. The zero-order valence-corrected chi connectivity index (χ0v) is 25.3. The van der Waals surface area contributed by atoms with Crippen molar-refractivity contribution in [2.24, 2.45) is 27.8 Å². The summed E-state index contributed by atoms with van der Waals surface area (Å²) in [7, 11) is 0. The van der Waals surface area contributed by atoms with Crippen LogP contribution in [0.4, 0.5) is 18.9 Å². The van der Waals surface area contributed by atoms with Gasteiger partial charge in [0.1, 0.15) is 0 Å². The summed E-state index contributed by atoms with van der Waals surface area (Å²) in [5, 5.41) is 13.0. The molecule has 6 rings (SSSR count). The van der Waals surface area contributed by atoms with Gasteiger partial charge in [0.15, 0.2) is 12.4 Å². The maximum atomic E-state index is 13.9. The third-order valence-electron chi connectivity index (χ3n) is 11.1. The van der Waals surface area contributed by atoms with Crippen molar-refractivity contribution in [1.29, 1.82) is 0 Å². The van der Waals surface area contributed by atoms with Crippen molar-refractivity contribution in [2.45, 2.75) is 83.7 Å². The number of allylic oxidation sites excluding steroid dienone is 4. The highest BCUT2D eigenvalue weighted by molar-refractivity contribution is 5.97. The maximum Gasteiger partial charge on any atom is 0.457 e. The van der Waals surface area contributed by atoms with Crippen molar-refractivity contribution in [2.75, 3.05) is 24.6 Å². The first-order valence-corrected chi connectivity index (χ1v) is 15.7. The third-order valence-corrected chi connectivity index (χ3v) is 11.1. The highest BCUT2D eigenvalue weighted by Crippen LogP contribution is 2.69. The van der Waals surface area contributed by atoms with Crippen molar-refractivity contribution < 1.29 is 32.7 Å². The number of fused-ring (bicyclic) bond motifs is 4. The van der Waals surface area contributed by atoms with Gasteiger partial charge in [-0.3, -0.25) is 9.59 Å². The number of hydrogen-bond donors (Lipinski definition) is 1. The minimum absolute atomic E-state index is 0.0524. The molecule has 4 aliphatic carbocycles. The quantitative estimate of drug-likeness (QED) is 0.167. The molecule has 9 heteroatoms. The maximum absolute atomic E-state index is 13.9. The number of ketones is 1. The van der Waals surface area contributed by atoms with E-state index in [-0.39, 0.29) is 24.2 Å². The molecule has 0 bridgehead atoms. The molecule has 1 N–H and O–H groups in total. The summed E-state index contributed by atoms with van der Waals surface area (Å²) in [5.41, 5.74) is 4.21. The summed E-state index contributed by atoms with van der Waals surface area (Å²) in [6.07, 6.45) is 3.73. The zero-order valence-electron chi connectivity index (χ0n) is 25.3. The number of alkyl halides is 3. The molecule has 0 spiro atoms. The highest BCUT2D eigenvalue weighted by atomic mass is 19.4. The molecule has 6 nitrogen and oxygen atoms in total. The average molecular weight is 609 g/mol. The lowest BCUT2D eigenvalue weighted by molar-refractivity contribution is -0.150. The molecule has 0 aromatic heterocycles. The van der Waals surface area contributed by atoms with Gasteiger partial charge in [-0.25, -0.2) is 0 Å². The van der Waals surface area contributed by atoms with Gasteiger partial charge < -0.3 is 14.8 Å². The van der Waals surface area contributed by atoms with Crippen molar-refractivity contribution in [3.8, 4) is 11.8 Å². The predicted molar refractivity (Wildman–Crippen MR) is 160 cm³/mol. The van der Waals surface area contributed by atoms with E-state index in [0.717, 1.165) is 43.6 Å². The summed E-state index contributed by atoms with van der Waals surface area (Å²) in [5.74, 6) is 2.67. The fourth-order valence-corrected chi connectivity index (χ4v) is 9.17. The molecule has 1 aliphatic heterocycles. The van der Waals surface area contributed by atoms with Crippen LogP contribution in [-0.4, -0.2) is 48.5 Å². The second-order valence-corrected chi connectivity index (χ2v) is 13.3. The molecule has 0 unspecified atom stereocenters. The summed E-state index contributed by atoms with van der Waals surface area (Å²) >= 11 is 0. The van der Waals surface area contributed by atoms with E-state index in [0.29, 0.717) is 25.0 Å². The molecule has 0 radical (unpaired) electrons. The van der Waals surface area contributed by atoms with Gasteiger partial charge in [0, 0.05) is 37.5 Å². The van der Waals surface area contributed by atoms with Crippen LogP contribution in [0.3, 0.4) is 0 Å². The Balaban J connectivity index is 1.49. The van der Waals surface area contributed by atoms with Gasteiger partial charge in [0.2, 0.25) is 0 Å². The first kappa shape index (κ1) is 30.5. The van der Waals surface area contributed by atoms with Crippen molar-refractivity contribution in [3.63, 3.8) is 0 Å². The van der Waals surface area contributed by atoms with Crippen LogP contribution in [0.2, 0.25) is 0 Å². The minimum atomic E-state index is -4.76. The van der Waals surface area contributed by atoms with Gasteiger partial charge in [-0.15, -0.1) is 0 Å². The van der Waals surface area contributed by atoms with E-state index in [4.69, 9.17) is 4.74 Å². The summed E-state index contributed by atoms with van der Waals surface area (Å²) < 4.78 is 45.9. The van der Waals surface area contributed by atoms with Crippen LogP contribution < -0.4 is 4.90 Å². The molecular weight excluding hydrogens is 569 g/mol. The fourth-order valence-electron chi connectivity index (χ4n) is 9.17. The molecule has 5 aliphatic rings. The number of hydrogen-bond acceptors (Lipinski definition) is 6. The van der Waals surface area contributed by atoms with Gasteiger partial charge in [-0.2, -0.15) is 13.2 Å². The lowest BCUT2D eigenvalue weighted by atomic mass is 9.48. The van der Waals surface area contributed by atoms with Crippen LogP contribution in [0.5, 0.6) is 0 Å². The molecule has 234 valence electrons. The summed E-state index contributed by atoms with van der Waals surface area (Å²) in [4.78, 5) is 27.9. The first-order chi connectivity index (χ1) is 21.0. The largest absolute Gasteiger partial charge is 0.458 e. The van der Waals surface area contributed by atoms with E-state index in [1.807, 2.05) is 13.0 Å². The number of nitrogens with zero attached hydrogens (tertiary/aromatic N) is 2. The van der Waals surface area contributed by atoms with E-state index in [1.165, 1.54) is 42.4 Å². The van der Waals surface area contributed by atoms with E-state index in [2.05, 4.69) is 40.2 Å². The lowest BCUT2D eigenvalue weighted by Crippen LogP contribution is -2.51. The smallest absolute Gasteiger partial charge is 0.457 e. The first-order valence-electron chi connectivity index (χ1n) is 15.7. The second kappa shape index (κ2) is 11.4. The number of esters is 1. The SMILES string of the molecule is CC(=O)OCC(=O)[C@@]1(C#CC(F)(F)F)CC[C@H]2[C@@H]3CCC4=CC(=NO)CCC4=C3[C@@H](c3ccc(N4CCCC4)cc3)C[C@@]21C. The Bertz CT molecular complexity index is 1490. The Morgan fingerprint density at radius 1 is 1.11 bits per heavy atom. The van der Waals surface area contributed by atoms with E-state index >= 15 is 0 Å². The number of anilines is 1. The van der Waals surface area contributed by atoms with Gasteiger partial charge in [0.25, 0.3) is 0 Å². The Hall–Kier alpha value is -3.54. The monoisotopic (exact) mass is 608 g/mol. The topological polar surface area (TPSA) is 79.2 Å². The van der Waals surface area contributed by atoms with Gasteiger partial charge in [0.05, 0.1) is 11.1 Å². The van der Waals surface area contributed by atoms with Gasteiger partial charge in [-0.1, -0.05) is 35.7 Å². The average Bonchev–Trinajstić information content (AvgIpc) is 3.64. The number of rotatable bonds is 5. The van der Waals surface area contributed by atoms with E-state index < -0.39 is 35.4 Å². The molecule has 5 atom stereocenters. The molecule has 0 amide bonds. The Morgan fingerprint density at radius 2 is 1.84 bits per heavy atom. The number of carbonyl (C=O) groups is 2. The predicted octanol–water partition coefficient (Wildman–Crippen LogP) is 7.13. The van der Waals surface area contributed by atoms with Crippen molar-refractivity contribution >= 4 is 23.2 Å². The summed E-state index contributed by atoms with van der Waals surface area (Å²) in [6.45, 7) is 4.60. The van der Waals surface area contributed by atoms with E-state index in [1.54, 1.807) is 0 Å². The van der Waals surface area contributed by atoms with Gasteiger partial charge in [-0.05, 0) is 110 Å². The molecule has 3 fully saturated rings. The van der Waals surface area contributed by atoms with E-state index in [9.17, 15) is 28.0 Å². The molecule has 1 aromatic carbocycles. The van der Waals surface area contributed by atoms with Crippen LogP contribution >= 0.6 is 0 Å². The minimum Gasteiger partial charge on any atom is -0.458 e. The normalized spacial score (nSPS) is 32.3. The number of Topliss-reactive ketones (excluding diaryl/α,β-unsaturated/α-hetero) is 1. The zero-order chi connectivity index (χ0) is 31.3. The highest BCUT2D eigenvalue weighted by Gasteiger charge is 2.65. The van der Waals surface area contributed by atoms with Crippen LogP contribution in [0.15, 0.2) is 52.2 Å². The fraction of sp³-hybridized carbons (Fsp3) is 0.571. The number of halogens is 3. The third kappa shape index (κ3) is 5.24. The molecule has 2 saturated carbocycles. The molecular formula is C35H39F3N2O4. The molecule has 44 heavy (non-hydrogen) atoms. The number of oxime groups is 1.